The van der Waals surface area contributed by atoms with Crippen LogP contribution in [0.5, 0.6) is 0 Å². The second kappa shape index (κ2) is 5.62. The zero-order valence-corrected chi connectivity index (χ0v) is 14.9. The number of fused-ring (bicyclic) bond motifs is 1. The summed E-state index contributed by atoms with van der Waals surface area (Å²) >= 11 is 0. The number of carbonyl (C=O) groups excluding carboxylic acids is 1. The highest BCUT2D eigenvalue weighted by molar-refractivity contribution is 6.08. The summed E-state index contributed by atoms with van der Waals surface area (Å²) < 4.78 is 7.16. The van der Waals surface area contributed by atoms with Gasteiger partial charge in [-0.25, -0.2) is 0 Å². The third-order valence-corrected chi connectivity index (χ3v) is 4.93. The highest BCUT2D eigenvalue weighted by Crippen LogP contribution is 2.34. The predicted octanol–water partition coefficient (Wildman–Crippen LogP) is 3.98. The van der Waals surface area contributed by atoms with E-state index in [4.69, 9.17) is 4.52 Å². The highest BCUT2D eigenvalue weighted by Gasteiger charge is 2.33. The number of aryl methyl sites for hydroxylation is 2. The lowest BCUT2D eigenvalue weighted by Gasteiger charge is -2.22. The van der Waals surface area contributed by atoms with Crippen molar-refractivity contribution < 1.29 is 9.32 Å². The Bertz CT molecular complexity index is 967. The van der Waals surface area contributed by atoms with Crippen LogP contribution in [0.1, 0.15) is 40.0 Å². The van der Waals surface area contributed by atoms with E-state index in [0.29, 0.717) is 11.4 Å². The van der Waals surface area contributed by atoms with Gasteiger partial charge in [-0.1, -0.05) is 23.4 Å². The molecule has 1 aromatic carbocycles. The van der Waals surface area contributed by atoms with Gasteiger partial charge in [-0.05, 0) is 51.8 Å². The van der Waals surface area contributed by atoms with Crippen molar-refractivity contribution in [1.29, 1.82) is 0 Å². The van der Waals surface area contributed by atoms with E-state index in [0.717, 1.165) is 29.3 Å². The highest BCUT2D eigenvalue weighted by atomic mass is 16.5. The third-order valence-electron chi connectivity index (χ3n) is 4.93. The maximum absolute atomic E-state index is 13.3. The van der Waals surface area contributed by atoms with Crippen LogP contribution >= 0.6 is 0 Å². The summed E-state index contributed by atoms with van der Waals surface area (Å²) in [5.41, 5.74) is 4.80. The molecule has 1 atom stereocenters. The van der Waals surface area contributed by atoms with Crippen LogP contribution in [-0.4, -0.2) is 21.7 Å². The number of amides is 1. The van der Waals surface area contributed by atoms with Crippen LogP contribution in [0, 0.1) is 20.8 Å². The molecule has 4 rings (SSSR count). The minimum absolute atomic E-state index is 0.0389. The Kier molecular flexibility index (Phi) is 3.53. The Morgan fingerprint density at radius 1 is 1.20 bits per heavy atom. The van der Waals surface area contributed by atoms with Gasteiger partial charge in [0.2, 0.25) is 0 Å². The minimum Gasteiger partial charge on any atom is -0.360 e. The molecule has 128 valence electrons. The summed E-state index contributed by atoms with van der Waals surface area (Å²) in [4.78, 5) is 15.2. The second-order valence-electron chi connectivity index (χ2n) is 6.77. The number of benzene rings is 1. The van der Waals surface area contributed by atoms with Crippen LogP contribution < -0.4 is 4.90 Å². The van der Waals surface area contributed by atoms with E-state index in [9.17, 15) is 4.79 Å². The van der Waals surface area contributed by atoms with E-state index in [-0.39, 0.29) is 11.9 Å². The maximum atomic E-state index is 13.3. The molecule has 1 aliphatic rings. The number of hydrogen-bond acceptors (Lipinski definition) is 3. The molecule has 3 aromatic rings. The molecule has 0 saturated carbocycles. The van der Waals surface area contributed by atoms with Gasteiger partial charge in [-0.15, -0.1) is 0 Å². The predicted molar refractivity (Wildman–Crippen MR) is 96.5 cm³/mol. The van der Waals surface area contributed by atoms with E-state index >= 15 is 0 Å². The number of rotatable bonds is 2. The lowest BCUT2D eigenvalue weighted by molar-refractivity contribution is 0.0981. The largest absolute Gasteiger partial charge is 0.360 e. The fourth-order valence-electron chi connectivity index (χ4n) is 3.80. The molecule has 1 amide bonds. The molecule has 25 heavy (non-hydrogen) atoms. The first kappa shape index (κ1) is 15.7. The summed E-state index contributed by atoms with van der Waals surface area (Å²) in [5.74, 6) is 1.50. The first-order valence-electron chi connectivity index (χ1n) is 8.51. The molecule has 5 heteroatoms. The van der Waals surface area contributed by atoms with Crippen LogP contribution in [0.15, 0.2) is 40.9 Å². The molecule has 0 saturated heterocycles. The number of para-hydroxylation sites is 1. The Labute approximate surface area is 146 Å². The first-order valence-corrected chi connectivity index (χ1v) is 8.51. The Morgan fingerprint density at radius 2 is 1.96 bits per heavy atom. The van der Waals surface area contributed by atoms with Gasteiger partial charge in [0.25, 0.3) is 5.91 Å². The van der Waals surface area contributed by atoms with Crippen LogP contribution in [-0.2, 0) is 6.42 Å². The van der Waals surface area contributed by atoms with Gasteiger partial charge in [0.05, 0.1) is 5.56 Å². The number of carbonyl (C=O) groups is 1. The smallest absolute Gasteiger partial charge is 0.260 e. The van der Waals surface area contributed by atoms with E-state index < -0.39 is 0 Å². The van der Waals surface area contributed by atoms with E-state index in [1.807, 2.05) is 60.6 Å². The van der Waals surface area contributed by atoms with Crippen LogP contribution in [0.25, 0.3) is 5.82 Å². The molecule has 1 aliphatic heterocycles. The molecule has 5 nitrogen and oxygen atoms in total. The number of aromatic nitrogens is 2. The van der Waals surface area contributed by atoms with Gasteiger partial charge in [-0.2, -0.15) is 0 Å². The average Bonchev–Trinajstić information content (AvgIpc) is 3.22. The molecular formula is C20H21N3O2. The molecule has 0 N–H and O–H groups in total. The summed E-state index contributed by atoms with van der Waals surface area (Å²) in [6.45, 7) is 7.89. The Balaban J connectivity index is 1.77. The maximum Gasteiger partial charge on any atom is 0.260 e. The monoisotopic (exact) mass is 335 g/mol. The molecular weight excluding hydrogens is 314 g/mol. The van der Waals surface area contributed by atoms with Gasteiger partial charge >= 0.3 is 0 Å². The van der Waals surface area contributed by atoms with Crippen LogP contribution in [0.4, 0.5) is 5.69 Å². The standard InChI is InChI=1S/C20H21N3O2/c1-12-9-16-7-5-6-8-18(16)23(12)20(24)17-10-13(2)22(15(17)4)19-11-14(3)25-21-19/h5-8,10-12H,9H2,1-4H3. The zero-order valence-electron chi connectivity index (χ0n) is 14.9. The molecule has 0 aliphatic carbocycles. The van der Waals surface area contributed by atoms with Crippen molar-refractivity contribution in [2.24, 2.45) is 0 Å². The summed E-state index contributed by atoms with van der Waals surface area (Å²) in [7, 11) is 0. The van der Waals surface area contributed by atoms with Crippen molar-refractivity contribution in [2.75, 3.05) is 4.90 Å². The van der Waals surface area contributed by atoms with Gasteiger partial charge in [0.1, 0.15) is 5.76 Å². The zero-order chi connectivity index (χ0) is 17.7. The minimum atomic E-state index is 0.0389. The van der Waals surface area contributed by atoms with E-state index in [1.165, 1.54) is 5.56 Å². The molecule has 0 bridgehead atoms. The average molecular weight is 335 g/mol. The fourth-order valence-corrected chi connectivity index (χ4v) is 3.80. The normalized spacial score (nSPS) is 16.3. The van der Waals surface area contributed by atoms with E-state index in [2.05, 4.69) is 18.1 Å². The van der Waals surface area contributed by atoms with Crippen molar-refractivity contribution in [2.45, 2.75) is 40.2 Å². The second-order valence-corrected chi connectivity index (χ2v) is 6.77. The third kappa shape index (κ3) is 2.38. The quantitative estimate of drug-likeness (QED) is 0.712. The van der Waals surface area contributed by atoms with Crippen molar-refractivity contribution in [3.63, 3.8) is 0 Å². The topological polar surface area (TPSA) is 51.3 Å². The first-order chi connectivity index (χ1) is 12.0. The molecule has 0 radical (unpaired) electrons. The van der Waals surface area contributed by atoms with Gasteiger partial charge < -0.3 is 9.42 Å². The van der Waals surface area contributed by atoms with Crippen LogP contribution in [0.2, 0.25) is 0 Å². The van der Waals surface area contributed by atoms with Crippen LogP contribution in [0.3, 0.4) is 0 Å². The lowest BCUT2D eigenvalue weighted by Crippen LogP contribution is -2.36. The lowest BCUT2D eigenvalue weighted by atomic mass is 10.1. The van der Waals surface area contributed by atoms with Gasteiger partial charge in [0.15, 0.2) is 5.82 Å². The summed E-state index contributed by atoms with van der Waals surface area (Å²) in [6, 6.07) is 12.1. The number of anilines is 1. The molecule has 2 aromatic heterocycles. The van der Waals surface area contributed by atoms with Crippen molar-refractivity contribution in [1.82, 2.24) is 9.72 Å². The Morgan fingerprint density at radius 3 is 2.68 bits per heavy atom. The SMILES string of the molecule is Cc1cc(-n2c(C)cc(C(=O)N3c4ccccc4CC3C)c2C)no1. The molecule has 0 spiro atoms. The molecule has 3 heterocycles. The summed E-state index contributed by atoms with van der Waals surface area (Å²) in [5, 5.41) is 4.09. The number of hydrogen-bond donors (Lipinski definition) is 0. The van der Waals surface area contributed by atoms with Crippen molar-refractivity contribution in [3.05, 3.63) is 64.7 Å². The van der Waals surface area contributed by atoms with E-state index in [1.54, 1.807) is 0 Å². The molecule has 1 unspecified atom stereocenters. The number of nitrogens with zero attached hydrogens (tertiary/aromatic N) is 3. The Hall–Kier alpha value is -2.82. The fraction of sp³-hybridized carbons (Fsp3) is 0.300. The summed E-state index contributed by atoms with van der Waals surface area (Å²) in [6.07, 6.45) is 0.892. The molecule has 0 fully saturated rings. The van der Waals surface area contributed by atoms with Crippen molar-refractivity contribution >= 4 is 11.6 Å². The van der Waals surface area contributed by atoms with Gasteiger partial charge in [-0.3, -0.25) is 9.36 Å². The van der Waals surface area contributed by atoms with Gasteiger partial charge in [0, 0.05) is 29.2 Å². The van der Waals surface area contributed by atoms with Crippen molar-refractivity contribution in [3.8, 4) is 5.82 Å².